The Labute approximate surface area is 194 Å². The lowest BCUT2D eigenvalue weighted by Crippen LogP contribution is -2.35. The van der Waals surface area contributed by atoms with Gasteiger partial charge in [-0.3, -0.25) is 19.0 Å². The molecule has 3 rings (SSSR count). The van der Waals surface area contributed by atoms with Gasteiger partial charge < -0.3 is 15.2 Å². The molecular formula is C23H22Cl2N2O5. The van der Waals surface area contributed by atoms with E-state index in [9.17, 15) is 14.4 Å². The molecule has 1 heterocycles. The van der Waals surface area contributed by atoms with Gasteiger partial charge >= 0.3 is 5.97 Å². The lowest BCUT2D eigenvalue weighted by Gasteiger charge is -2.12. The van der Waals surface area contributed by atoms with Gasteiger partial charge in [0.1, 0.15) is 5.75 Å². The summed E-state index contributed by atoms with van der Waals surface area (Å²) in [6.45, 7) is 3.35. The van der Waals surface area contributed by atoms with Crippen molar-refractivity contribution in [2.45, 2.75) is 32.7 Å². The first-order valence-electron chi connectivity index (χ1n) is 9.81. The SMILES string of the molecule is COc1ccc2c(c1Cl)c(CC(=O)NC(C)CC(=O)O)c(C)n2C(=O)c1ccc(Cl)cc1. The quantitative estimate of drug-likeness (QED) is 0.523. The molecule has 1 aromatic heterocycles. The molecule has 0 saturated carbocycles. The summed E-state index contributed by atoms with van der Waals surface area (Å²) in [4.78, 5) is 36.9. The number of hydrogen-bond donors (Lipinski definition) is 2. The molecule has 168 valence electrons. The second-order valence-electron chi connectivity index (χ2n) is 7.43. The van der Waals surface area contributed by atoms with Crippen LogP contribution in [0.2, 0.25) is 10.0 Å². The third-order valence-corrected chi connectivity index (χ3v) is 5.77. The zero-order valence-electron chi connectivity index (χ0n) is 17.7. The Kier molecular flexibility index (Phi) is 7.11. The summed E-state index contributed by atoms with van der Waals surface area (Å²) in [5.74, 6) is -1.27. The van der Waals surface area contributed by atoms with Gasteiger partial charge in [-0.25, -0.2) is 0 Å². The number of amides is 1. The van der Waals surface area contributed by atoms with Crippen LogP contribution in [-0.2, 0) is 16.0 Å². The van der Waals surface area contributed by atoms with Crippen LogP contribution in [0.5, 0.6) is 5.75 Å². The Hall–Kier alpha value is -3.03. The molecule has 7 nitrogen and oxygen atoms in total. The van der Waals surface area contributed by atoms with Crippen molar-refractivity contribution in [2.75, 3.05) is 7.11 Å². The highest BCUT2D eigenvalue weighted by atomic mass is 35.5. The van der Waals surface area contributed by atoms with E-state index in [0.717, 1.165) is 0 Å². The van der Waals surface area contributed by atoms with Crippen LogP contribution in [0.4, 0.5) is 0 Å². The largest absolute Gasteiger partial charge is 0.495 e. The van der Waals surface area contributed by atoms with Gasteiger partial charge in [-0.15, -0.1) is 0 Å². The summed E-state index contributed by atoms with van der Waals surface area (Å²) in [5, 5.41) is 12.9. The number of nitrogens with zero attached hydrogens (tertiary/aromatic N) is 1. The molecule has 32 heavy (non-hydrogen) atoms. The van der Waals surface area contributed by atoms with Gasteiger partial charge in [0.05, 0.1) is 30.5 Å². The minimum atomic E-state index is -1.01. The fraction of sp³-hybridized carbons (Fsp3) is 0.261. The molecule has 0 aliphatic carbocycles. The minimum absolute atomic E-state index is 0.0833. The van der Waals surface area contributed by atoms with Crippen molar-refractivity contribution in [3.63, 3.8) is 0 Å². The van der Waals surface area contributed by atoms with E-state index in [0.29, 0.717) is 38.5 Å². The van der Waals surface area contributed by atoms with E-state index >= 15 is 0 Å². The average Bonchev–Trinajstić information content (AvgIpc) is 2.99. The molecule has 2 N–H and O–H groups in total. The zero-order chi connectivity index (χ0) is 23.6. The van der Waals surface area contributed by atoms with Crippen molar-refractivity contribution >= 4 is 51.9 Å². The lowest BCUT2D eigenvalue weighted by atomic mass is 10.1. The number of rotatable bonds is 7. The maximum Gasteiger partial charge on any atom is 0.305 e. The molecule has 0 saturated heterocycles. The number of methoxy groups -OCH3 is 1. The van der Waals surface area contributed by atoms with Gasteiger partial charge in [0.15, 0.2) is 0 Å². The fourth-order valence-corrected chi connectivity index (χ4v) is 4.15. The normalized spacial score (nSPS) is 11.9. The predicted octanol–water partition coefficient (Wildman–Crippen LogP) is 4.48. The molecule has 0 bridgehead atoms. The molecular weight excluding hydrogens is 455 g/mol. The summed E-state index contributed by atoms with van der Waals surface area (Å²) in [7, 11) is 1.48. The van der Waals surface area contributed by atoms with E-state index in [-0.39, 0.29) is 29.7 Å². The van der Waals surface area contributed by atoms with Crippen LogP contribution in [0.25, 0.3) is 10.9 Å². The first-order chi connectivity index (χ1) is 15.1. The molecule has 0 aliphatic heterocycles. The highest BCUT2D eigenvalue weighted by molar-refractivity contribution is 6.37. The van der Waals surface area contributed by atoms with Gasteiger partial charge in [-0.2, -0.15) is 0 Å². The number of aliphatic carboxylic acids is 1. The Morgan fingerprint density at radius 1 is 1.12 bits per heavy atom. The molecule has 2 aromatic carbocycles. The third kappa shape index (κ3) is 4.74. The van der Waals surface area contributed by atoms with Crippen molar-refractivity contribution in [2.24, 2.45) is 0 Å². The van der Waals surface area contributed by atoms with Crippen LogP contribution < -0.4 is 10.1 Å². The van der Waals surface area contributed by atoms with E-state index in [1.165, 1.54) is 11.7 Å². The molecule has 0 spiro atoms. The van der Waals surface area contributed by atoms with Crippen molar-refractivity contribution in [1.82, 2.24) is 9.88 Å². The number of ether oxygens (including phenoxy) is 1. The van der Waals surface area contributed by atoms with Gasteiger partial charge in [-0.1, -0.05) is 23.2 Å². The summed E-state index contributed by atoms with van der Waals surface area (Å²) >= 11 is 12.5. The number of carbonyl (C=O) groups is 3. The van der Waals surface area contributed by atoms with Crippen molar-refractivity contribution < 1.29 is 24.2 Å². The maximum atomic E-state index is 13.3. The average molecular weight is 477 g/mol. The number of hydrogen-bond acceptors (Lipinski definition) is 4. The zero-order valence-corrected chi connectivity index (χ0v) is 19.3. The number of nitrogens with one attached hydrogen (secondary N) is 1. The molecule has 0 fully saturated rings. The highest BCUT2D eigenvalue weighted by Crippen LogP contribution is 2.38. The highest BCUT2D eigenvalue weighted by Gasteiger charge is 2.25. The predicted molar refractivity (Wildman–Crippen MR) is 123 cm³/mol. The second-order valence-corrected chi connectivity index (χ2v) is 8.24. The van der Waals surface area contributed by atoms with Crippen LogP contribution >= 0.6 is 23.2 Å². The van der Waals surface area contributed by atoms with Crippen LogP contribution in [0.15, 0.2) is 36.4 Å². The standard InChI is InChI=1S/C23H22Cl2N2O5/c1-12(10-20(29)30)26-19(28)11-16-13(2)27(23(31)14-4-6-15(24)7-5-14)17-8-9-18(32-3)22(25)21(16)17/h4-9,12H,10-11H2,1-3H3,(H,26,28)(H,29,30). The number of halogens is 2. The molecule has 1 atom stereocenters. The van der Waals surface area contributed by atoms with Crippen LogP contribution in [0.1, 0.15) is 35.0 Å². The van der Waals surface area contributed by atoms with Gasteiger partial charge in [0.25, 0.3) is 5.91 Å². The molecule has 3 aromatic rings. The monoisotopic (exact) mass is 476 g/mol. The number of benzene rings is 2. The lowest BCUT2D eigenvalue weighted by molar-refractivity contribution is -0.137. The number of carboxylic acids is 1. The van der Waals surface area contributed by atoms with Crippen LogP contribution in [0, 0.1) is 6.92 Å². The number of carboxylic acid groups (broad SMARTS) is 1. The van der Waals surface area contributed by atoms with E-state index in [4.69, 9.17) is 33.0 Å². The molecule has 0 aliphatic rings. The Morgan fingerprint density at radius 2 is 1.78 bits per heavy atom. The molecule has 1 unspecified atom stereocenters. The summed E-state index contributed by atoms with van der Waals surface area (Å²) in [6, 6.07) is 9.34. The van der Waals surface area contributed by atoms with Gasteiger partial charge in [0.2, 0.25) is 5.91 Å². The van der Waals surface area contributed by atoms with Crippen molar-refractivity contribution in [3.8, 4) is 5.75 Å². The van der Waals surface area contributed by atoms with Crippen LogP contribution in [-0.4, -0.2) is 40.6 Å². The number of fused-ring (bicyclic) bond motifs is 1. The Morgan fingerprint density at radius 3 is 2.38 bits per heavy atom. The van der Waals surface area contributed by atoms with Crippen molar-refractivity contribution in [1.29, 1.82) is 0 Å². The molecule has 1 amide bonds. The first-order valence-corrected chi connectivity index (χ1v) is 10.6. The van der Waals surface area contributed by atoms with E-state index < -0.39 is 12.0 Å². The van der Waals surface area contributed by atoms with Crippen molar-refractivity contribution in [3.05, 3.63) is 63.3 Å². The van der Waals surface area contributed by atoms with Crippen LogP contribution in [0.3, 0.4) is 0 Å². The summed E-state index contributed by atoms with van der Waals surface area (Å²) in [6.07, 6.45) is -0.282. The second kappa shape index (κ2) is 9.63. The van der Waals surface area contributed by atoms with E-state index in [2.05, 4.69) is 5.32 Å². The smallest absolute Gasteiger partial charge is 0.305 e. The first kappa shape index (κ1) is 23.6. The topological polar surface area (TPSA) is 97.6 Å². The number of carbonyl (C=O) groups excluding carboxylic acids is 2. The third-order valence-electron chi connectivity index (χ3n) is 5.14. The van der Waals surface area contributed by atoms with E-state index in [1.54, 1.807) is 50.2 Å². The van der Waals surface area contributed by atoms with Gasteiger partial charge in [-0.05, 0) is 55.8 Å². The number of aromatic nitrogens is 1. The molecule has 9 heteroatoms. The fourth-order valence-electron chi connectivity index (χ4n) is 3.67. The summed E-state index contributed by atoms with van der Waals surface area (Å²) in [5.41, 5.74) is 2.07. The Bertz CT molecular complexity index is 1200. The Balaban J connectivity index is 2.10. The van der Waals surface area contributed by atoms with E-state index in [1.807, 2.05) is 0 Å². The van der Waals surface area contributed by atoms with Gasteiger partial charge in [0, 0.05) is 27.7 Å². The maximum absolute atomic E-state index is 13.3. The molecule has 0 radical (unpaired) electrons. The summed E-state index contributed by atoms with van der Waals surface area (Å²) < 4.78 is 6.83. The minimum Gasteiger partial charge on any atom is -0.495 e.